The van der Waals surface area contributed by atoms with Crippen LogP contribution in [-0.2, 0) is 0 Å². The maximum Gasteiger partial charge on any atom is 0.200 e. The zero-order chi connectivity index (χ0) is 19.4. The number of rotatable bonds is 7. The number of aromatic hydroxyl groups is 2. The number of ketones is 1. The van der Waals surface area contributed by atoms with E-state index in [2.05, 4.69) is 0 Å². The fraction of sp³-hybridized carbons (Fsp3) is 0.278. The van der Waals surface area contributed by atoms with Crippen LogP contribution >= 0.6 is 0 Å². The Balaban J connectivity index is 2.48. The van der Waals surface area contributed by atoms with Crippen molar-refractivity contribution in [1.82, 2.24) is 0 Å². The van der Waals surface area contributed by atoms with Crippen molar-refractivity contribution in [3.8, 4) is 34.5 Å². The summed E-state index contributed by atoms with van der Waals surface area (Å²) < 4.78 is 20.1. The van der Waals surface area contributed by atoms with E-state index in [0.717, 1.165) is 0 Å². The van der Waals surface area contributed by atoms with Crippen molar-refractivity contribution in [2.24, 2.45) is 0 Å². The summed E-state index contributed by atoms with van der Waals surface area (Å²) >= 11 is 0. The molecule has 2 rings (SSSR count). The van der Waals surface area contributed by atoms with Gasteiger partial charge in [-0.05, 0) is 29.8 Å². The highest BCUT2D eigenvalue weighted by molar-refractivity contribution is 6.01. The Labute approximate surface area is 150 Å². The minimum absolute atomic E-state index is 0.0285. The minimum atomic E-state index is -1.57. The van der Waals surface area contributed by atoms with E-state index in [1.54, 1.807) is 0 Å². The average Bonchev–Trinajstić information content (AvgIpc) is 2.67. The largest absolute Gasteiger partial charge is 0.502 e. The maximum atomic E-state index is 12.7. The van der Waals surface area contributed by atoms with E-state index in [9.17, 15) is 20.1 Å². The van der Waals surface area contributed by atoms with Gasteiger partial charge in [-0.3, -0.25) is 4.79 Å². The second-order valence-corrected chi connectivity index (χ2v) is 5.27. The van der Waals surface area contributed by atoms with Gasteiger partial charge in [-0.1, -0.05) is 0 Å². The smallest absolute Gasteiger partial charge is 0.200 e. The summed E-state index contributed by atoms with van der Waals surface area (Å²) in [7, 11) is 5.33. The monoisotopic (exact) mass is 364 g/mol. The van der Waals surface area contributed by atoms with Gasteiger partial charge in [-0.2, -0.15) is 0 Å². The van der Waals surface area contributed by atoms with E-state index in [0.29, 0.717) is 0 Å². The number of aliphatic hydroxyl groups is 1. The predicted molar refractivity (Wildman–Crippen MR) is 91.7 cm³/mol. The molecule has 0 fully saturated rings. The van der Waals surface area contributed by atoms with E-state index in [1.807, 2.05) is 0 Å². The molecule has 8 heteroatoms. The molecule has 3 N–H and O–H groups in total. The number of benzene rings is 2. The van der Waals surface area contributed by atoms with Crippen LogP contribution in [0.1, 0.15) is 22.0 Å². The molecule has 0 saturated heterocycles. The van der Waals surface area contributed by atoms with Gasteiger partial charge in [0.1, 0.15) is 6.10 Å². The average molecular weight is 364 g/mol. The van der Waals surface area contributed by atoms with Gasteiger partial charge in [0.05, 0.1) is 28.4 Å². The first-order chi connectivity index (χ1) is 12.4. The highest BCUT2D eigenvalue weighted by Gasteiger charge is 2.25. The summed E-state index contributed by atoms with van der Waals surface area (Å²) in [5.41, 5.74) is 0.225. The number of Topliss-reactive ketones (excluding diaryl/α,β-unsaturated/α-hetero) is 1. The molecule has 26 heavy (non-hydrogen) atoms. The van der Waals surface area contributed by atoms with Crippen LogP contribution in [0.2, 0.25) is 0 Å². The quantitative estimate of drug-likeness (QED) is 0.640. The number of phenolic OH excluding ortho intramolecular Hbond substituents is 2. The fourth-order valence-electron chi connectivity index (χ4n) is 2.42. The molecular weight excluding hydrogens is 344 g/mol. The van der Waals surface area contributed by atoms with Gasteiger partial charge in [0, 0.05) is 5.56 Å². The third-order valence-corrected chi connectivity index (χ3v) is 3.83. The Morgan fingerprint density at radius 1 is 0.769 bits per heavy atom. The van der Waals surface area contributed by atoms with Gasteiger partial charge in [0.2, 0.25) is 11.5 Å². The molecule has 0 heterocycles. The van der Waals surface area contributed by atoms with Crippen LogP contribution < -0.4 is 18.9 Å². The molecule has 2 aromatic rings. The van der Waals surface area contributed by atoms with Crippen molar-refractivity contribution < 1.29 is 39.1 Å². The number of carbonyl (C=O) groups excluding carboxylic acids is 1. The number of carbonyl (C=O) groups is 1. The van der Waals surface area contributed by atoms with Crippen molar-refractivity contribution in [3.05, 3.63) is 35.4 Å². The number of ether oxygens (including phenoxy) is 4. The van der Waals surface area contributed by atoms with Crippen LogP contribution in [0.5, 0.6) is 34.5 Å². The summed E-state index contributed by atoms with van der Waals surface area (Å²) in [4.78, 5) is 12.7. The van der Waals surface area contributed by atoms with E-state index in [1.165, 1.54) is 52.7 Å². The fourth-order valence-corrected chi connectivity index (χ4v) is 2.42. The molecule has 8 nitrogen and oxygen atoms in total. The van der Waals surface area contributed by atoms with Crippen LogP contribution in [-0.4, -0.2) is 49.5 Å². The summed E-state index contributed by atoms with van der Waals surface area (Å²) in [6.07, 6.45) is -1.57. The van der Waals surface area contributed by atoms with Crippen molar-refractivity contribution in [2.75, 3.05) is 28.4 Å². The number of methoxy groups -OCH3 is 4. The third-order valence-electron chi connectivity index (χ3n) is 3.83. The van der Waals surface area contributed by atoms with Crippen LogP contribution in [0.25, 0.3) is 0 Å². The van der Waals surface area contributed by atoms with Crippen molar-refractivity contribution in [3.63, 3.8) is 0 Å². The summed E-state index contributed by atoms with van der Waals surface area (Å²) in [6, 6.07) is 5.24. The molecule has 1 unspecified atom stereocenters. The van der Waals surface area contributed by atoms with Gasteiger partial charge in [-0.15, -0.1) is 0 Å². The highest BCUT2D eigenvalue weighted by atomic mass is 16.5. The molecule has 0 aliphatic heterocycles. The lowest BCUT2D eigenvalue weighted by atomic mass is 9.98. The van der Waals surface area contributed by atoms with Crippen LogP contribution in [0.3, 0.4) is 0 Å². The lowest BCUT2D eigenvalue weighted by Gasteiger charge is -2.16. The molecule has 1 atom stereocenters. The SMILES string of the molecule is COc1cc(C(=O)C(O)c2cc(OC)c(O)c(OC)c2)cc(OC)c1O. The minimum Gasteiger partial charge on any atom is -0.502 e. The number of hydrogen-bond donors (Lipinski definition) is 3. The topological polar surface area (TPSA) is 115 Å². The standard InChI is InChI=1S/C18H20O8/c1-23-11-5-9(6-12(24-2)17(11)21)15(19)16(20)10-7-13(25-3)18(22)14(8-10)26-4/h5-8,15,19,21-22H,1-4H3. The molecule has 140 valence electrons. The van der Waals surface area contributed by atoms with Crippen LogP contribution in [0, 0.1) is 0 Å². The summed E-state index contributed by atoms with van der Waals surface area (Å²) in [5.74, 6) is -1.02. The van der Waals surface area contributed by atoms with E-state index in [-0.39, 0.29) is 45.6 Å². The summed E-state index contributed by atoms with van der Waals surface area (Å²) in [6.45, 7) is 0. The first-order valence-electron chi connectivity index (χ1n) is 7.50. The van der Waals surface area contributed by atoms with Crippen LogP contribution in [0.15, 0.2) is 24.3 Å². The molecule has 0 aliphatic carbocycles. The Bertz CT molecular complexity index is 765. The van der Waals surface area contributed by atoms with Gasteiger partial charge >= 0.3 is 0 Å². The number of hydrogen-bond acceptors (Lipinski definition) is 8. The Morgan fingerprint density at radius 2 is 1.12 bits per heavy atom. The number of phenols is 2. The Kier molecular flexibility index (Phi) is 5.78. The Hall–Kier alpha value is -3.13. The van der Waals surface area contributed by atoms with Gasteiger partial charge < -0.3 is 34.3 Å². The zero-order valence-electron chi connectivity index (χ0n) is 14.8. The zero-order valence-corrected chi connectivity index (χ0v) is 14.8. The normalized spacial score (nSPS) is 11.6. The number of aliphatic hydroxyl groups excluding tert-OH is 1. The van der Waals surface area contributed by atoms with Crippen LogP contribution in [0.4, 0.5) is 0 Å². The molecule has 0 aliphatic rings. The highest BCUT2D eigenvalue weighted by Crippen LogP contribution is 2.41. The molecule has 0 spiro atoms. The van der Waals surface area contributed by atoms with E-state index in [4.69, 9.17) is 18.9 Å². The predicted octanol–water partition coefficient (Wildman–Crippen LogP) is 2.05. The first-order valence-corrected chi connectivity index (χ1v) is 7.50. The second kappa shape index (κ2) is 7.83. The first kappa shape index (κ1) is 19.2. The molecule has 0 radical (unpaired) electrons. The third kappa shape index (κ3) is 3.45. The molecule has 0 amide bonds. The molecular formula is C18H20O8. The van der Waals surface area contributed by atoms with Gasteiger partial charge in [0.15, 0.2) is 28.8 Å². The van der Waals surface area contributed by atoms with Gasteiger partial charge in [-0.25, -0.2) is 0 Å². The lowest BCUT2D eigenvalue weighted by Crippen LogP contribution is -2.13. The maximum absolute atomic E-state index is 12.7. The van der Waals surface area contributed by atoms with Crippen molar-refractivity contribution in [1.29, 1.82) is 0 Å². The van der Waals surface area contributed by atoms with Crippen molar-refractivity contribution >= 4 is 5.78 Å². The van der Waals surface area contributed by atoms with Crippen molar-refractivity contribution in [2.45, 2.75) is 6.10 Å². The lowest BCUT2D eigenvalue weighted by molar-refractivity contribution is 0.0745. The second-order valence-electron chi connectivity index (χ2n) is 5.27. The molecule has 0 aromatic heterocycles. The molecule has 0 bridgehead atoms. The van der Waals surface area contributed by atoms with E-state index >= 15 is 0 Å². The molecule has 2 aromatic carbocycles. The Morgan fingerprint density at radius 3 is 1.46 bits per heavy atom. The van der Waals surface area contributed by atoms with E-state index < -0.39 is 11.9 Å². The molecule has 0 saturated carbocycles. The van der Waals surface area contributed by atoms with Gasteiger partial charge in [0.25, 0.3) is 0 Å². The summed E-state index contributed by atoms with van der Waals surface area (Å²) in [5, 5.41) is 30.4.